The Hall–Kier alpha value is -2.49. The molecule has 1 aliphatic rings. The quantitative estimate of drug-likeness (QED) is 0.800. The molecule has 1 aliphatic heterocycles. The molecule has 4 nitrogen and oxygen atoms in total. The SMILES string of the molecule is O=C1CCCN1/N=C(\c1ccccc1)c1ccccn1. The van der Waals surface area contributed by atoms with Crippen LogP contribution >= 0.6 is 0 Å². The zero-order valence-corrected chi connectivity index (χ0v) is 11.1. The smallest absolute Gasteiger partial charge is 0.242 e. The maximum Gasteiger partial charge on any atom is 0.242 e. The largest absolute Gasteiger partial charge is 0.273 e. The lowest BCUT2D eigenvalue weighted by Gasteiger charge is -2.12. The van der Waals surface area contributed by atoms with Gasteiger partial charge < -0.3 is 0 Å². The summed E-state index contributed by atoms with van der Waals surface area (Å²) >= 11 is 0. The van der Waals surface area contributed by atoms with Gasteiger partial charge in [-0.3, -0.25) is 9.78 Å². The van der Waals surface area contributed by atoms with Gasteiger partial charge in [-0.1, -0.05) is 36.4 Å². The molecule has 0 N–H and O–H groups in total. The fourth-order valence-electron chi connectivity index (χ4n) is 2.22. The topological polar surface area (TPSA) is 45.6 Å². The third kappa shape index (κ3) is 2.59. The number of carbonyl (C=O) groups excluding carboxylic acids is 1. The molecule has 1 saturated heterocycles. The van der Waals surface area contributed by atoms with Gasteiger partial charge in [0.1, 0.15) is 5.71 Å². The highest BCUT2D eigenvalue weighted by Gasteiger charge is 2.21. The van der Waals surface area contributed by atoms with E-state index in [2.05, 4.69) is 10.1 Å². The van der Waals surface area contributed by atoms with Gasteiger partial charge in [0.15, 0.2) is 0 Å². The number of hydrogen-bond acceptors (Lipinski definition) is 3. The molecule has 20 heavy (non-hydrogen) atoms. The summed E-state index contributed by atoms with van der Waals surface area (Å²) < 4.78 is 0. The van der Waals surface area contributed by atoms with Crippen molar-refractivity contribution in [3.05, 3.63) is 66.0 Å². The Labute approximate surface area is 117 Å². The van der Waals surface area contributed by atoms with E-state index in [0.717, 1.165) is 23.4 Å². The molecule has 0 spiro atoms. The maximum absolute atomic E-state index is 11.8. The van der Waals surface area contributed by atoms with Gasteiger partial charge in [-0.2, -0.15) is 5.10 Å². The van der Waals surface area contributed by atoms with Crippen molar-refractivity contribution in [3.63, 3.8) is 0 Å². The summed E-state index contributed by atoms with van der Waals surface area (Å²) in [7, 11) is 0. The highest BCUT2D eigenvalue weighted by Crippen LogP contribution is 2.14. The summed E-state index contributed by atoms with van der Waals surface area (Å²) in [5, 5.41) is 6.09. The van der Waals surface area contributed by atoms with Gasteiger partial charge in [-0.15, -0.1) is 0 Å². The molecule has 0 bridgehead atoms. The van der Waals surface area contributed by atoms with Crippen LogP contribution < -0.4 is 0 Å². The van der Waals surface area contributed by atoms with E-state index in [9.17, 15) is 4.79 Å². The van der Waals surface area contributed by atoms with Crippen molar-refractivity contribution in [2.75, 3.05) is 6.54 Å². The standard InChI is InChI=1S/C16H15N3O/c20-15-10-6-12-19(15)18-16(13-7-2-1-3-8-13)14-9-4-5-11-17-14/h1-5,7-9,11H,6,10,12H2/b18-16+. The van der Waals surface area contributed by atoms with Crippen LogP contribution in [0.5, 0.6) is 0 Å². The number of hydrazone groups is 1. The molecule has 4 heteroatoms. The number of amides is 1. The molecular weight excluding hydrogens is 250 g/mol. The normalized spacial score (nSPS) is 15.7. The molecule has 1 aromatic heterocycles. The first-order valence-electron chi connectivity index (χ1n) is 6.70. The number of benzene rings is 1. The van der Waals surface area contributed by atoms with E-state index in [4.69, 9.17) is 0 Å². The van der Waals surface area contributed by atoms with Crippen LogP contribution in [-0.2, 0) is 4.79 Å². The molecule has 0 unspecified atom stereocenters. The van der Waals surface area contributed by atoms with E-state index in [-0.39, 0.29) is 5.91 Å². The van der Waals surface area contributed by atoms with Gasteiger partial charge in [-0.05, 0) is 18.6 Å². The number of hydrogen-bond donors (Lipinski definition) is 0. The third-order valence-corrected chi connectivity index (χ3v) is 3.22. The number of nitrogens with zero attached hydrogens (tertiary/aromatic N) is 3. The lowest BCUT2D eigenvalue weighted by atomic mass is 10.1. The molecule has 0 radical (unpaired) electrons. The fraction of sp³-hybridized carbons (Fsp3) is 0.188. The van der Waals surface area contributed by atoms with E-state index in [0.29, 0.717) is 13.0 Å². The lowest BCUT2D eigenvalue weighted by Crippen LogP contribution is -2.21. The summed E-state index contributed by atoms with van der Waals surface area (Å²) in [5.41, 5.74) is 2.48. The maximum atomic E-state index is 11.8. The molecule has 1 fully saturated rings. The van der Waals surface area contributed by atoms with Crippen molar-refractivity contribution in [1.82, 2.24) is 9.99 Å². The zero-order chi connectivity index (χ0) is 13.8. The van der Waals surface area contributed by atoms with Gasteiger partial charge >= 0.3 is 0 Å². The summed E-state index contributed by atoms with van der Waals surface area (Å²) in [4.78, 5) is 16.1. The molecular formula is C16H15N3O. The van der Waals surface area contributed by atoms with Crippen LogP contribution in [0.3, 0.4) is 0 Å². The Kier molecular flexibility index (Phi) is 3.54. The molecule has 100 valence electrons. The van der Waals surface area contributed by atoms with Crippen LogP contribution in [-0.4, -0.2) is 28.2 Å². The summed E-state index contributed by atoms with van der Waals surface area (Å²) in [6.07, 6.45) is 3.18. The first-order chi connectivity index (χ1) is 9.84. The van der Waals surface area contributed by atoms with E-state index < -0.39 is 0 Å². The molecule has 3 rings (SSSR count). The van der Waals surface area contributed by atoms with Gasteiger partial charge in [0.05, 0.1) is 5.69 Å². The van der Waals surface area contributed by atoms with Crippen molar-refractivity contribution in [1.29, 1.82) is 0 Å². The van der Waals surface area contributed by atoms with Crippen LogP contribution in [0.25, 0.3) is 0 Å². The number of rotatable bonds is 3. The molecule has 2 heterocycles. The Morgan fingerprint density at radius 1 is 1.10 bits per heavy atom. The first-order valence-corrected chi connectivity index (χ1v) is 6.70. The number of aromatic nitrogens is 1. The van der Waals surface area contributed by atoms with E-state index >= 15 is 0 Å². The predicted molar refractivity (Wildman–Crippen MR) is 77.3 cm³/mol. The monoisotopic (exact) mass is 265 g/mol. The third-order valence-electron chi connectivity index (χ3n) is 3.22. The van der Waals surface area contributed by atoms with E-state index in [1.807, 2.05) is 48.5 Å². The Balaban J connectivity index is 2.04. The Morgan fingerprint density at radius 3 is 2.55 bits per heavy atom. The van der Waals surface area contributed by atoms with Gasteiger partial charge in [0.2, 0.25) is 5.91 Å². The second-order valence-electron chi connectivity index (χ2n) is 4.65. The van der Waals surface area contributed by atoms with Crippen molar-refractivity contribution >= 4 is 11.6 Å². The van der Waals surface area contributed by atoms with Gasteiger partial charge in [0.25, 0.3) is 0 Å². The second-order valence-corrected chi connectivity index (χ2v) is 4.65. The van der Waals surface area contributed by atoms with Crippen LogP contribution in [0.1, 0.15) is 24.1 Å². The van der Waals surface area contributed by atoms with Gasteiger partial charge in [-0.25, -0.2) is 5.01 Å². The average molecular weight is 265 g/mol. The molecule has 0 saturated carbocycles. The number of pyridine rings is 1. The molecule has 1 aromatic carbocycles. The minimum absolute atomic E-state index is 0.0781. The second kappa shape index (κ2) is 5.65. The predicted octanol–water partition coefficient (Wildman–Crippen LogP) is 2.46. The van der Waals surface area contributed by atoms with Crippen molar-refractivity contribution in [3.8, 4) is 0 Å². The highest BCUT2D eigenvalue weighted by molar-refractivity contribution is 6.11. The van der Waals surface area contributed by atoms with Crippen LogP contribution in [0, 0.1) is 0 Å². The van der Waals surface area contributed by atoms with Crippen LogP contribution in [0.15, 0.2) is 59.8 Å². The van der Waals surface area contributed by atoms with Crippen molar-refractivity contribution in [2.24, 2.45) is 5.10 Å². The van der Waals surface area contributed by atoms with Crippen LogP contribution in [0.2, 0.25) is 0 Å². The Morgan fingerprint density at radius 2 is 1.90 bits per heavy atom. The summed E-state index contributed by atoms with van der Waals surface area (Å²) in [6, 6.07) is 15.5. The molecule has 0 atom stereocenters. The van der Waals surface area contributed by atoms with E-state index in [1.165, 1.54) is 0 Å². The fourth-order valence-corrected chi connectivity index (χ4v) is 2.22. The van der Waals surface area contributed by atoms with E-state index in [1.54, 1.807) is 11.2 Å². The average Bonchev–Trinajstić information content (AvgIpc) is 2.92. The Bertz CT molecular complexity index is 581. The molecule has 1 amide bonds. The van der Waals surface area contributed by atoms with Crippen molar-refractivity contribution < 1.29 is 4.79 Å². The minimum atomic E-state index is 0.0781. The summed E-state index contributed by atoms with van der Waals surface area (Å²) in [6.45, 7) is 0.683. The van der Waals surface area contributed by atoms with Crippen LogP contribution in [0.4, 0.5) is 0 Å². The highest BCUT2D eigenvalue weighted by atomic mass is 16.2. The minimum Gasteiger partial charge on any atom is -0.273 e. The van der Waals surface area contributed by atoms with Gasteiger partial charge in [0, 0.05) is 24.7 Å². The zero-order valence-electron chi connectivity index (χ0n) is 11.1. The van der Waals surface area contributed by atoms with Crippen molar-refractivity contribution in [2.45, 2.75) is 12.8 Å². The number of carbonyl (C=O) groups is 1. The molecule has 2 aromatic rings. The summed E-state index contributed by atoms with van der Waals surface area (Å²) in [5.74, 6) is 0.0781. The first kappa shape index (κ1) is 12.5. The lowest BCUT2D eigenvalue weighted by molar-refractivity contribution is -0.127. The molecule has 0 aliphatic carbocycles.